The van der Waals surface area contributed by atoms with E-state index >= 15 is 0 Å². The minimum atomic E-state index is -0.248. The van der Waals surface area contributed by atoms with E-state index in [9.17, 15) is 9.59 Å². The number of rotatable bonds is 7. The number of likely N-dealkylation sites (tertiary alicyclic amines) is 1. The highest BCUT2D eigenvalue weighted by molar-refractivity contribution is 6.35. The van der Waals surface area contributed by atoms with Gasteiger partial charge in [0, 0.05) is 25.5 Å². The molecule has 2 amide bonds. The number of imide groups is 1. The molecule has 0 spiro atoms. The summed E-state index contributed by atoms with van der Waals surface area (Å²) in [5.41, 5.74) is 2.60. The van der Waals surface area contributed by atoms with Crippen LogP contribution in [0.5, 0.6) is 5.75 Å². The van der Waals surface area contributed by atoms with Crippen LogP contribution in [-0.4, -0.2) is 46.3 Å². The molecule has 0 N–H and O–H groups in total. The Balaban J connectivity index is 1.70. The van der Waals surface area contributed by atoms with Gasteiger partial charge in [-0.15, -0.1) is 0 Å². The summed E-state index contributed by atoms with van der Waals surface area (Å²) >= 11 is 0. The summed E-state index contributed by atoms with van der Waals surface area (Å²) < 4.78 is 5.70. The van der Waals surface area contributed by atoms with Gasteiger partial charge in [-0.3, -0.25) is 19.5 Å². The minimum Gasteiger partial charge on any atom is -0.494 e. The molecular weight excluding hydrogens is 402 g/mol. The van der Waals surface area contributed by atoms with Crippen LogP contribution in [0.3, 0.4) is 0 Å². The molecule has 0 saturated carbocycles. The Labute approximate surface area is 189 Å². The molecule has 0 bridgehead atoms. The third kappa shape index (κ3) is 4.54. The standard InChI is InChI=1S/C26H31N3O3/c1-4-12-32-22-9-7-21(8-10-22)23-24(28-15-18(2)13-19(3)16-28)26(31)29(25(23)30)17-20-6-5-11-27-14-20/h5-11,14,18-19H,4,12-13,15-17H2,1-3H3. The van der Waals surface area contributed by atoms with E-state index in [2.05, 4.69) is 30.7 Å². The van der Waals surface area contributed by atoms with Gasteiger partial charge >= 0.3 is 0 Å². The molecule has 2 atom stereocenters. The molecule has 1 aromatic heterocycles. The normalized spacial score (nSPS) is 21.5. The summed E-state index contributed by atoms with van der Waals surface area (Å²) in [6.07, 6.45) is 5.44. The number of nitrogens with zero attached hydrogens (tertiary/aromatic N) is 3. The van der Waals surface area contributed by atoms with Gasteiger partial charge < -0.3 is 9.64 Å². The van der Waals surface area contributed by atoms with Crippen LogP contribution in [0.15, 0.2) is 54.5 Å². The minimum absolute atomic E-state index is 0.217. The topological polar surface area (TPSA) is 62.7 Å². The van der Waals surface area contributed by atoms with Crippen molar-refractivity contribution in [2.75, 3.05) is 19.7 Å². The van der Waals surface area contributed by atoms with Crippen molar-refractivity contribution in [3.8, 4) is 5.75 Å². The Kier molecular flexibility index (Phi) is 6.58. The first-order valence-corrected chi connectivity index (χ1v) is 11.5. The van der Waals surface area contributed by atoms with Crippen molar-refractivity contribution < 1.29 is 14.3 Å². The Bertz CT molecular complexity index is 991. The number of carbonyl (C=O) groups excluding carboxylic acids is 2. The summed E-state index contributed by atoms with van der Waals surface area (Å²) in [7, 11) is 0. The summed E-state index contributed by atoms with van der Waals surface area (Å²) in [5, 5.41) is 0. The van der Waals surface area contributed by atoms with Gasteiger partial charge in [-0.05, 0) is 54.0 Å². The molecule has 0 aliphatic carbocycles. The lowest BCUT2D eigenvalue weighted by Gasteiger charge is -2.37. The summed E-state index contributed by atoms with van der Waals surface area (Å²) in [6, 6.07) is 11.2. The molecule has 0 radical (unpaired) electrons. The fourth-order valence-corrected chi connectivity index (χ4v) is 4.72. The molecule has 4 rings (SSSR count). The van der Waals surface area contributed by atoms with Crippen molar-refractivity contribution in [3.05, 3.63) is 65.6 Å². The molecule has 1 aromatic carbocycles. The van der Waals surface area contributed by atoms with Crippen molar-refractivity contribution >= 4 is 17.4 Å². The molecule has 1 saturated heterocycles. The van der Waals surface area contributed by atoms with Crippen molar-refractivity contribution in [3.63, 3.8) is 0 Å². The van der Waals surface area contributed by atoms with Crippen molar-refractivity contribution in [1.29, 1.82) is 0 Å². The van der Waals surface area contributed by atoms with Gasteiger partial charge in [0.1, 0.15) is 11.4 Å². The molecular formula is C26H31N3O3. The van der Waals surface area contributed by atoms with Crippen LogP contribution in [0, 0.1) is 11.8 Å². The molecule has 3 heterocycles. The van der Waals surface area contributed by atoms with Crippen LogP contribution >= 0.6 is 0 Å². The zero-order valence-electron chi connectivity index (χ0n) is 19.1. The van der Waals surface area contributed by atoms with Gasteiger partial charge in [0.15, 0.2) is 0 Å². The smallest absolute Gasteiger partial charge is 0.278 e. The largest absolute Gasteiger partial charge is 0.494 e. The maximum Gasteiger partial charge on any atom is 0.278 e. The third-order valence-corrected chi connectivity index (χ3v) is 6.01. The van der Waals surface area contributed by atoms with Gasteiger partial charge in [0.05, 0.1) is 18.7 Å². The zero-order valence-corrected chi connectivity index (χ0v) is 19.1. The van der Waals surface area contributed by atoms with Crippen LogP contribution in [0.25, 0.3) is 5.57 Å². The second-order valence-electron chi connectivity index (χ2n) is 9.01. The number of ether oxygens (including phenoxy) is 1. The van der Waals surface area contributed by atoms with Crippen LogP contribution in [0.1, 0.15) is 44.7 Å². The van der Waals surface area contributed by atoms with Crippen LogP contribution in [-0.2, 0) is 16.1 Å². The number of hydrogen-bond acceptors (Lipinski definition) is 5. The second kappa shape index (κ2) is 9.55. The van der Waals surface area contributed by atoms with Crippen LogP contribution in [0.2, 0.25) is 0 Å². The van der Waals surface area contributed by atoms with E-state index in [4.69, 9.17) is 4.74 Å². The fraction of sp³-hybridized carbons (Fsp3) is 0.423. The van der Waals surface area contributed by atoms with E-state index in [0.717, 1.165) is 42.8 Å². The van der Waals surface area contributed by atoms with Gasteiger partial charge in [-0.25, -0.2) is 0 Å². The lowest BCUT2D eigenvalue weighted by molar-refractivity contribution is -0.138. The highest BCUT2D eigenvalue weighted by atomic mass is 16.5. The van der Waals surface area contributed by atoms with Gasteiger partial charge in [-0.1, -0.05) is 39.0 Å². The lowest BCUT2D eigenvalue weighted by Crippen LogP contribution is -2.41. The maximum atomic E-state index is 13.6. The monoisotopic (exact) mass is 433 g/mol. The number of aromatic nitrogens is 1. The van der Waals surface area contributed by atoms with Crippen LogP contribution in [0.4, 0.5) is 0 Å². The van der Waals surface area contributed by atoms with E-state index in [1.165, 1.54) is 4.90 Å². The number of piperidine rings is 1. The molecule has 2 aliphatic heterocycles. The number of carbonyl (C=O) groups is 2. The van der Waals surface area contributed by atoms with E-state index in [-0.39, 0.29) is 18.4 Å². The molecule has 2 unspecified atom stereocenters. The Morgan fingerprint density at radius 2 is 1.75 bits per heavy atom. The molecule has 2 aromatic rings. The zero-order chi connectivity index (χ0) is 22.7. The summed E-state index contributed by atoms with van der Waals surface area (Å²) in [4.78, 5) is 34.8. The molecule has 6 heteroatoms. The predicted molar refractivity (Wildman–Crippen MR) is 123 cm³/mol. The number of benzene rings is 1. The Morgan fingerprint density at radius 1 is 1.03 bits per heavy atom. The average Bonchev–Trinajstić information content (AvgIpc) is 3.03. The maximum absolute atomic E-state index is 13.6. The van der Waals surface area contributed by atoms with Gasteiger partial charge in [-0.2, -0.15) is 0 Å². The number of pyridine rings is 1. The Hall–Kier alpha value is -3.15. The van der Waals surface area contributed by atoms with Crippen molar-refractivity contribution in [1.82, 2.24) is 14.8 Å². The Morgan fingerprint density at radius 3 is 2.38 bits per heavy atom. The summed E-state index contributed by atoms with van der Waals surface area (Å²) in [5.74, 6) is 1.23. The quantitative estimate of drug-likeness (QED) is 0.615. The summed E-state index contributed by atoms with van der Waals surface area (Å²) in [6.45, 7) is 8.89. The lowest BCUT2D eigenvalue weighted by atomic mass is 9.91. The molecule has 168 valence electrons. The average molecular weight is 434 g/mol. The first-order valence-electron chi connectivity index (χ1n) is 11.5. The van der Waals surface area contributed by atoms with Gasteiger partial charge in [0.2, 0.25) is 0 Å². The van der Waals surface area contributed by atoms with E-state index in [1.807, 2.05) is 36.4 Å². The number of hydrogen-bond donors (Lipinski definition) is 0. The molecule has 1 fully saturated rings. The SMILES string of the molecule is CCCOc1ccc(C2=C(N3CC(C)CC(C)C3)C(=O)N(Cc3cccnc3)C2=O)cc1. The van der Waals surface area contributed by atoms with Crippen molar-refractivity contribution in [2.45, 2.75) is 40.2 Å². The first-order chi connectivity index (χ1) is 15.5. The number of amides is 2. The third-order valence-electron chi connectivity index (χ3n) is 6.01. The van der Waals surface area contributed by atoms with Gasteiger partial charge in [0.25, 0.3) is 11.8 Å². The van der Waals surface area contributed by atoms with Crippen LogP contribution < -0.4 is 4.74 Å². The van der Waals surface area contributed by atoms with E-state index < -0.39 is 0 Å². The molecule has 6 nitrogen and oxygen atoms in total. The van der Waals surface area contributed by atoms with E-state index in [0.29, 0.717) is 29.7 Å². The highest BCUT2D eigenvalue weighted by Crippen LogP contribution is 2.36. The predicted octanol–water partition coefficient (Wildman–Crippen LogP) is 4.13. The first kappa shape index (κ1) is 22.1. The fourth-order valence-electron chi connectivity index (χ4n) is 4.72. The van der Waals surface area contributed by atoms with Crippen molar-refractivity contribution in [2.24, 2.45) is 11.8 Å². The van der Waals surface area contributed by atoms with E-state index in [1.54, 1.807) is 12.4 Å². The molecule has 2 aliphatic rings. The second-order valence-corrected chi connectivity index (χ2v) is 9.01. The molecule has 32 heavy (non-hydrogen) atoms. The highest BCUT2D eigenvalue weighted by Gasteiger charge is 2.42.